The summed E-state index contributed by atoms with van der Waals surface area (Å²) in [6, 6.07) is 20.0. The van der Waals surface area contributed by atoms with E-state index in [9.17, 15) is 27.6 Å². The first-order chi connectivity index (χ1) is 25.7. The lowest BCUT2D eigenvalue weighted by Crippen LogP contribution is -2.47. The minimum atomic E-state index is -4.50. The van der Waals surface area contributed by atoms with Gasteiger partial charge in [-0.25, -0.2) is 0 Å². The van der Waals surface area contributed by atoms with Gasteiger partial charge in [0.1, 0.15) is 0 Å². The van der Waals surface area contributed by atoms with Crippen LogP contribution in [0.5, 0.6) is 0 Å². The number of amides is 2. The van der Waals surface area contributed by atoms with Gasteiger partial charge < -0.3 is 30.9 Å². The third kappa shape index (κ3) is 10.5. The van der Waals surface area contributed by atoms with Crippen molar-refractivity contribution in [3.63, 3.8) is 0 Å². The fourth-order valence-electron chi connectivity index (χ4n) is 6.28. The SMILES string of the molecule is COCCN(C)CCC(C)(N)C(=O)c1cccc(C(=O)Nc2ccc(N3CCCCC3)cc2-c2cc(C(=O)NCc3cccc(C(F)(F)F)c3)ccn2)c1. The molecule has 13 heteroatoms. The van der Waals surface area contributed by atoms with E-state index in [2.05, 4.69) is 20.5 Å². The summed E-state index contributed by atoms with van der Waals surface area (Å²) in [4.78, 5) is 49.4. The van der Waals surface area contributed by atoms with Crippen LogP contribution in [0, 0.1) is 0 Å². The molecule has 1 unspecified atom stereocenters. The number of methoxy groups -OCH3 is 1. The molecular formula is C41H47F3N6O4. The zero-order chi connectivity index (χ0) is 38.9. The molecule has 4 aromatic rings. The molecule has 1 fully saturated rings. The standard InChI is InChI=1S/C41H47F3N6O4/c1-40(45,16-20-49(2)21-22-54-3)37(51)29-10-8-11-30(24-29)39(53)48-35-14-13-33(50-18-5-4-6-19-50)26-34(35)36-25-31(15-17-46-36)38(52)47-27-28-9-7-12-32(23-28)41(42,43)44/h7-15,17,23-26H,4-6,16,18-22,27,45H2,1-3H3,(H,47,52)(H,48,53). The van der Waals surface area contributed by atoms with Gasteiger partial charge in [0.15, 0.2) is 5.78 Å². The van der Waals surface area contributed by atoms with E-state index >= 15 is 0 Å². The Morgan fingerprint density at radius 2 is 1.61 bits per heavy atom. The lowest BCUT2D eigenvalue weighted by Gasteiger charge is -2.29. The molecular weight excluding hydrogens is 697 g/mol. The first-order valence-corrected chi connectivity index (χ1v) is 18.0. The number of anilines is 2. The highest BCUT2D eigenvalue weighted by atomic mass is 19.4. The number of nitrogens with zero attached hydrogens (tertiary/aromatic N) is 3. The maximum Gasteiger partial charge on any atom is 0.416 e. The molecule has 286 valence electrons. The Morgan fingerprint density at radius 3 is 2.35 bits per heavy atom. The summed E-state index contributed by atoms with van der Waals surface area (Å²) < 4.78 is 44.8. The summed E-state index contributed by atoms with van der Waals surface area (Å²) in [5.41, 5.74) is 8.02. The molecule has 1 saturated heterocycles. The molecule has 0 bridgehead atoms. The second kappa shape index (κ2) is 17.8. The van der Waals surface area contributed by atoms with E-state index in [1.165, 1.54) is 30.5 Å². The van der Waals surface area contributed by atoms with Crippen molar-refractivity contribution < 1.29 is 32.3 Å². The van der Waals surface area contributed by atoms with E-state index in [1.54, 1.807) is 44.4 Å². The first kappa shape index (κ1) is 40.1. The van der Waals surface area contributed by atoms with Gasteiger partial charge in [0.25, 0.3) is 11.8 Å². The number of alkyl halides is 3. The number of halogens is 3. The van der Waals surface area contributed by atoms with E-state index in [0.717, 1.165) is 50.2 Å². The molecule has 1 aliphatic rings. The maximum atomic E-state index is 13.8. The summed E-state index contributed by atoms with van der Waals surface area (Å²) in [5, 5.41) is 5.68. The van der Waals surface area contributed by atoms with Gasteiger partial charge in [-0.1, -0.05) is 24.3 Å². The average Bonchev–Trinajstić information content (AvgIpc) is 3.18. The number of carbonyl (C=O) groups excluding carboxylic acids is 3. The minimum Gasteiger partial charge on any atom is -0.383 e. The topological polar surface area (TPSA) is 130 Å². The summed E-state index contributed by atoms with van der Waals surface area (Å²) in [6.45, 7) is 5.19. The quantitative estimate of drug-likeness (QED) is 0.113. The van der Waals surface area contributed by atoms with Gasteiger partial charge >= 0.3 is 6.18 Å². The average molecular weight is 745 g/mol. The molecule has 3 aromatic carbocycles. The number of ketones is 1. The Hall–Kier alpha value is -5.11. The molecule has 54 heavy (non-hydrogen) atoms. The largest absolute Gasteiger partial charge is 0.416 e. The van der Waals surface area contributed by atoms with Gasteiger partial charge in [-0.15, -0.1) is 0 Å². The molecule has 2 heterocycles. The second-order valence-electron chi connectivity index (χ2n) is 13.9. The minimum absolute atomic E-state index is 0.109. The third-order valence-electron chi connectivity index (χ3n) is 9.57. The van der Waals surface area contributed by atoms with Crippen LogP contribution >= 0.6 is 0 Å². The Balaban J connectivity index is 1.37. The van der Waals surface area contributed by atoms with E-state index in [-0.39, 0.29) is 23.5 Å². The highest BCUT2D eigenvalue weighted by molar-refractivity contribution is 6.09. The van der Waals surface area contributed by atoms with E-state index in [0.29, 0.717) is 54.2 Å². The fourth-order valence-corrected chi connectivity index (χ4v) is 6.28. The normalized spacial score (nSPS) is 14.4. The summed E-state index contributed by atoms with van der Waals surface area (Å²) in [6.07, 6.45) is 0.632. The molecule has 1 atom stereocenters. The molecule has 2 amide bonds. The molecule has 0 spiro atoms. The third-order valence-corrected chi connectivity index (χ3v) is 9.57. The monoisotopic (exact) mass is 744 g/mol. The van der Waals surface area contributed by atoms with Crippen LogP contribution in [0.2, 0.25) is 0 Å². The number of aromatic nitrogens is 1. The number of likely N-dealkylation sites (N-methyl/N-ethyl adjacent to an activating group) is 1. The molecule has 0 saturated carbocycles. The highest BCUT2D eigenvalue weighted by Crippen LogP contribution is 2.34. The van der Waals surface area contributed by atoms with Gasteiger partial charge in [-0.05, 0) is 99.8 Å². The van der Waals surface area contributed by atoms with Crippen LogP contribution in [0.3, 0.4) is 0 Å². The number of rotatable bonds is 15. The smallest absolute Gasteiger partial charge is 0.383 e. The molecule has 1 aromatic heterocycles. The van der Waals surface area contributed by atoms with Crippen molar-refractivity contribution in [1.29, 1.82) is 0 Å². The number of hydrogen-bond donors (Lipinski definition) is 3. The van der Waals surface area contributed by atoms with E-state index in [1.807, 2.05) is 24.1 Å². The maximum absolute atomic E-state index is 13.8. The highest BCUT2D eigenvalue weighted by Gasteiger charge is 2.31. The van der Waals surface area contributed by atoms with E-state index < -0.39 is 29.1 Å². The predicted molar refractivity (Wildman–Crippen MR) is 204 cm³/mol. The van der Waals surface area contributed by atoms with Crippen LogP contribution in [-0.2, 0) is 17.5 Å². The molecule has 5 rings (SSSR count). The number of ether oxygens (including phenoxy) is 1. The van der Waals surface area contributed by atoms with Gasteiger partial charge in [-0.3, -0.25) is 19.4 Å². The molecule has 0 radical (unpaired) electrons. The van der Waals surface area contributed by atoms with Gasteiger partial charge in [-0.2, -0.15) is 13.2 Å². The molecule has 4 N–H and O–H groups in total. The Morgan fingerprint density at radius 1 is 0.889 bits per heavy atom. The zero-order valence-corrected chi connectivity index (χ0v) is 30.8. The molecule has 1 aliphatic heterocycles. The van der Waals surface area contributed by atoms with Crippen LogP contribution in [0.1, 0.15) is 74.8 Å². The summed E-state index contributed by atoms with van der Waals surface area (Å²) >= 11 is 0. The molecule has 0 aliphatic carbocycles. The number of Topliss-reactive ketones (excluding diaryl/α,β-unsaturated/α-hetero) is 1. The number of carbonyl (C=O) groups is 3. The van der Waals surface area contributed by atoms with Gasteiger partial charge in [0.05, 0.1) is 29.1 Å². The van der Waals surface area contributed by atoms with E-state index in [4.69, 9.17) is 10.5 Å². The number of pyridine rings is 1. The van der Waals surface area contributed by atoms with Crippen molar-refractivity contribution in [2.24, 2.45) is 5.73 Å². The van der Waals surface area contributed by atoms with Crippen LogP contribution in [0.25, 0.3) is 11.3 Å². The fraction of sp³-hybridized carbons (Fsp3) is 0.366. The van der Waals surface area contributed by atoms with Crippen molar-refractivity contribution in [2.45, 2.75) is 50.9 Å². The summed E-state index contributed by atoms with van der Waals surface area (Å²) in [5.74, 6) is -1.23. The Bertz CT molecular complexity index is 1940. The lowest BCUT2D eigenvalue weighted by atomic mass is 9.88. The van der Waals surface area contributed by atoms with Crippen LogP contribution in [0.15, 0.2) is 85.1 Å². The Kier molecular flexibility index (Phi) is 13.2. The zero-order valence-electron chi connectivity index (χ0n) is 30.8. The number of nitrogens with two attached hydrogens (primary N) is 1. The number of benzene rings is 3. The van der Waals surface area contributed by atoms with Gasteiger partial charge in [0, 0.05) is 74.0 Å². The van der Waals surface area contributed by atoms with Crippen molar-refractivity contribution >= 4 is 29.0 Å². The van der Waals surface area contributed by atoms with Crippen molar-refractivity contribution in [3.8, 4) is 11.3 Å². The second-order valence-corrected chi connectivity index (χ2v) is 13.9. The lowest BCUT2D eigenvalue weighted by molar-refractivity contribution is -0.137. The number of nitrogens with one attached hydrogen (secondary N) is 2. The van der Waals surface area contributed by atoms with Crippen LogP contribution < -0.4 is 21.3 Å². The van der Waals surface area contributed by atoms with Gasteiger partial charge in [0.2, 0.25) is 0 Å². The number of piperidine rings is 1. The summed E-state index contributed by atoms with van der Waals surface area (Å²) in [7, 11) is 3.57. The van der Waals surface area contributed by atoms with Crippen molar-refractivity contribution in [3.05, 3.63) is 113 Å². The number of hydrogen-bond acceptors (Lipinski definition) is 8. The predicted octanol–water partition coefficient (Wildman–Crippen LogP) is 6.81. The molecule has 10 nitrogen and oxygen atoms in total. The van der Waals surface area contributed by atoms with Crippen molar-refractivity contribution in [1.82, 2.24) is 15.2 Å². The first-order valence-electron chi connectivity index (χ1n) is 18.0. The van der Waals surface area contributed by atoms with Crippen LogP contribution in [-0.4, -0.2) is 80.0 Å². The Labute approximate surface area is 313 Å². The van der Waals surface area contributed by atoms with Crippen LogP contribution in [0.4, 0.5) is 24.5 Å². The van der Waals surface area contributed by atoms with Crippen molar-refractivity contribution in [2.75, 3.05) is 57.2 Å².